The molecule has 0 amide bonds. The maximum Gasteiger partial charge on any atom is 0.0246 e. The summed E-state index contributed by atoms with van der Waals surface area (Å²) in [6.45, 7) is 8.09. The molecule has 1 atom stereocenters. The number of hydrogen-bond donors (Lipinski definition) is 1. The van der Waals surface area contributed by atoms with Gasteiger partial charge in [-0.25, -0.2) is 0 Å². The Bertz CT molecular complexity index is 282. The first-order valence-corrected chi connectivity index (χ1v) is 8.85. The summed E-state index contributed by atoms with van der Waals surface area (Å²) in [7, 11) is 2.35. The van der Waals surface area contributed by atoms with E-state index in [4.69, 9.17) is 5.73 Å². The maximum atomic E-state index is 6.16. The van der Waals surface area contributed by atoms with E-state index in [0.29, 0.717) is 11.5 Å². The van der Waals surface area contributed by atoms with E-state index in [2.05, 4.69) is 32.7 Å². The molecule has 2 N–H and O–H groups in total. The molecule has 2 heteroatoms. The van der Waals surface area contributed by atoms with Crippen molar-refractivity contribution < 1.29 is 0 Å². The van der Waals surface area contributed by atoms with E-state index in [1.807, 2.05) is 0 Å². The molecule has 1 unspecified atom stereocenters. The third-order valence-corrected chi connectivity index (χ3v) is 6.25. The van der Waals surface area contributed by atoms with Gasteiger partial charge < -0.3 is 5.73 Å². The van der Waals surface area contributed by atoms with E-state index in [0.717, 1.165) is 24.4 Å². The molecular formula is C18H36N2. The highest BCUT2D eigenvalue weighted by Gasteiger charge is 2.34. The first-order chi connectivity index (χ1) is 9.43. The van der Waals surface area contributed by atoms with E-state index >= 15 is 0 Å². The molecule has 2 aliphatic carbocycles. The van der Waals surface area contributed by atoms with Gasteiger partial charge in [-0.1, -0.05) is 33.6 Å². The summed E-state index contributed by atoms with van der Waals surface area (Å²) in [6, 6.07) is 1.39. The third kappa shape index (κ3) is 3.98. The molecule has 2 aliphatic rings. The Hall–Kier alpha value is -0.0800. The molecule has 2 fully saturated rings. The van der Waals surface area contributed by atoms with E-state index in [-0.39, 0.29) is 0 Å². The van der Waals surface area contributed by atoms with E-state index in [9.17, 15) is 0 Å². The van der Waals surface area contributed by atoms with Crippen LogP contribution in [0.4, 0.5) is 0 Å². The van der Waals surface area contributed by atoms with Gasteiger partial charge in [0.1, 0.15) is 0 Å². The molecular weight excluding hydrogens is 244 g/mol. The van der Waals surface area contributed by atoms with Crippen molar-refractivity contribution in [2.24, 2.45) is 23.0 Å². The average Bonchev–Trinajstić information content (AvgIpc) is 2.41. The van der Waals surface area contributed by atoms with Gasteiger partial charge >= 0.3 is 0 Å². The SMILES string of the molecule is CC1CCC(C(CN)N(C)C2CCC(C)(C)CC2)CC1. The van der Waals surface area contributed by atoms with Crippen LogP contribution in [0.1, 0.15) is 72.1 Å². The Kier molecular flexibility index (Phi) is 5.53. The van der Waals surface area contributed by atoms with Crippen LogP contribution in [0.15, 0.2) is 0 Å². The lowest BCUT2D eigenvalue weighted by Gasteiger charge is -2.45. The number of rotatable bonds is 4. The second-order valence-corrected chi connectivity index (χ2v) is 8.38. The van der Waals surface area contributed by atoms with Crippen LogP contribution in [-0.2, 0) is 0 Å². The summed E-state index contributed by atoms with van der Waals surface area (Å²) in [6.07, 6.45) is 11.1. The fourth-order valence-electron chi connectivity index (χ4n) is 4.42. The van der Waals surface area contributed by atoms with Crippen molar-refractivity contribution in [3.63, 3.8) is 0 Å². The van der Waals surface area contributed by atoms with Crippen LogP contribution in [-0.4, -0.2) is 30.6 Å². The summed E-state index contributed by atoms with van der Waals surface area (Å²) in [5.74, 6) is 1.78. The zero-order chi connectivity index (χ0) is 14.8. The highest BCUT2D eigenvalue weighted by Crippen LogP contribution is 2.39. The molecule has 0 radical (unpaired) electrons. The quantitative estimate of drug-likeness (QED) is 0.842. The Labute approximate surface area is 126 Å². The van der Waals surface area contributed by atoms with Gasteiger partial charge in [-0.05, 0) is 62.8 Å². The van der Waals surface area contributed by atoms with Crippen LogP contribution in [0.5, 0.6) is 0 Å². The monoisotopic (exact) mass is 280 g/mol. The lowest BCUT2D eigenvalue weighted by molar-refractivity contribution is 0.0576. The summed E-state index contributed by atoms with van der Waals surface area (Å²) < 4.78 is 0. The number of nitrogens with zero attached hydrogens (tertiary/aromatic N) is 1. The van der Waals surface area contributed by atoms with E-state index in [1.54, 1.807) is 0 Å². The van der Waals surface area contributed by atoms with Gasteiger partial charge in [0.05, 0.1) is 0 Å². The van der Waals surface area contributed by atoms with Gasteiger partial charge in [0, 0.05) is 18.6 Å². The van der Waals surface area contributed by atoms with E-state index in [1.165, 1.54) is 51.4 Å². The van der Waals surface area contributed by atoms with Crippen LogP contribution in [0.2, 0.25) is 0 Å². The van der Waals surface area contributed by atoms with Crippen molar-refractivity contribution in [3.8, 4) is 0 Å². The molecule has 0 aromatic rings. The van der Waals surface area contributed by atoms with Crippen molar-refractivity contribution in [2.45, 2.75) is 84.2 Å². The minimum atomic E-state index is 0.565. The molecule has 0 aliphatic heterocycles. The van der Waals surface area contributed by atoms with E-state index < -0.39 is 0 Å². The molecule has 0 heterocycles. The minimum absolute atomic E-state index is 0.565. The smallest absolute Gasteiger partial charge is 0.0246 e. The summed E-state index contributed by atoms with van der Waals surface area (Å²) in [5, 5.41) is 0. The molecule has 0 aromatic heterocycles. The zero-order valence-corrected chi connectivity index (χ0v) is 14.2. The van der Waals surface area contributed by atoms with Crippen LogP contribution >= 0.6 is 0 Å². The van der Waals surface area contributed by atoms with Crippen molar-refractivity contribution in [1.82, 2.24) is 4.90 Å². The standard InChI is InChI=1S/C18H36N2/c1-14-5-7-15(8-6-14)17(13-19)20(4)16-9-11-18(2,3)12-10-16/h14-17H,5-13,19H2,1-4H3. The molecule has 2 saturated carbocycles. The zero-order valence-electron chi connectivity index (χ0n) is 14.2. The van der Waals surface area contributed by atoms with Gasteiger partial charge in [0.25, 0.3) is 0 Å². The van der Waals surface area contributed by atoms with Crippen LogP contribution < -0.4 is 5.73 Å². The fraction of sp³-hybridized carbons (Fsp3) is 1.00. The number of nitrogens with two attached hydrogens (primary N) is 1. The lowest BCUT2D eigenvalue weighted by atomic mass is 9.74. The van der Waals surface area contributed by atoms with Crippen molar-refractivity contribution in [2.75, 3.05) is 13.6 Å². The summed E-state index contributed by atoms with van der Waals surface area (Å²) in [4.78, 5) is 2.66. The second kappa shape index (κ2) is 6.79. The molecule has 0 spiro atoms. The third-order valence-electron chi connectivity index (χ3n) is 6.25. The normalized spacial score (nSPS) is 33.3. The molecule has 2 rings (SSSR count). The first kappa shape index (κ1) is 16.3. The Morgan fingerprint density at radius 3 is 2.10 bits per heavy atom. The van der Waals surface area contributed by atoms with Crippen LogP contribution in [0.3, 0.4) is 0 Å². The topological polar surface area (TPSA) is 29.3 Å². The summed E-state index contributed by atoms with van der Waals surface area (Å²) in [5.41, 5.74) is 6.72. The van der Waals surface area contributed by atoms with Gasteiger partial charge in [-0.3, -0.25) is 4.90 Å². The van der Waals surface area contributed by atoms with Gasteiger partial charge in [0.2, 0.25) is 0 Å². The highest BCUT2D eigenvalue weighted by molar-refractivity contribution is 4.89. The Morgan fingerprint density at radius 1 is 1.05 bits per heavy atom. The predicted molar refractivity (Wildman–Crippen MR) is 87.8 cm³/mol. The van der Waals surface area contributed by atoms with Gasteiger partial charge in [-0.15, -0.1) is 0 Å². The largest absolute Gasteiger partial charge is 0.329 e. The molecule has 0 bridgehead atoms. The second-order valence-electron chi connectivity index (χ2n) is 8.38. The molecule has 118 valence electrons. The predicted octanol–water partition coefficient (Wildman–Crippen LogP) is 4.04. The molecule has 0 aromatic carbocycles. The van der Waals surface area contributed by atoms with Gasteiger partial charge in [-0.2, -0.15) is 0 Å². The van der Waals surface area contributed by atoms with Gasteiger partial charge in [0.15, 0.2) is 0 Å². The molecule has 20 heavy (non-hydrogen) atoms. The minimum Gasteiger partial charge on any atom is -0.329 e. The van der Waals surface area contributed by atoms with Crippen molar-refractivity contribution in [3.05, 3.63) is 0 Å². The maximum absolute atomic E-state index is 6.16. The van der Waals surface area contributed by atoms with Crippen molar-refractivity contribution in [1.29, 1.82) is 0 Å². The van der Waals surface area contributed by atoms with Crippen molar-refractivity contribution >= 4 is 0 Å². The number of likely N-dealkylation sites (N-methyl/N-ethyl adjacent to an activating group) is 1. The summed E-state index contributed by atoms with van der Waals surface area (Å²) >= 11 is 0. The Morgan fingerprint density at radius 2 is 1.60 bits per heavy atom. The fourth-order valence-corrected chi connectivity index (χ4v) is 4.42. The van der Waals surface area contributed by atoms with Crippen LogP contribution in [0.25, 0.3) is 0 Å². The highest BCUT2D eigenvalue weighted by atomic mass is 15.2. The Balaban J connectivity index is 1.90. The average molecular weight is 280 g/mol. The molecule has 0 saturated heterocycles. The van der Waals surface area contributed by atoms with Crippen LogP contribution in [0, 0.1) is 17.3 Å². The molecule has 2 nitrogen and oxygen atoms in total. The first-order valence-electron chi connectivity index (χ1n) is 8.85. The number of hydrogen-bond acceptors (Lipinski definition) is 2. The lowest BCUT2D eigenvalue weighted by Crippen LogP contribution is -2.50.